The standard InChI is InChI=1S/C28H38O5/c1-7-8-9-10-18-31-27-26(32-21(4)5)25-23(15-12-16-24(25)33-28(27)29)30-19-17-22(6)14-11-13-20(2)3/h8-9,12-13,15-17,21H,7,10-11,14,18-19H2,1-6H3. The normalized spacial score (nSPS) is 11.9. The summed E-state index contributed by atoms with van der Waals surface area (Å²) in [4.78, 5) is 12.7. The molecule has 0 atom stereocenters. The second-order valence-corrected chi connectivity index (χ2v) is 8.54. The van der Waals surface area contributed by atoms with Gasteiger partial charge < -0.3 is 18.6 Å². The first kappa shape index (κ1) is 26.3. The van der Waals surface area contributed by atoms with Crippen molar-refractivity contribution in [1.29, 1.82) is 0 Å². The number of fused-ring (bicyclic) bond motifs is 1. The Morgan fingerprint density at radius 3 is 2.52 bits per heavy atom. The van der Waals surface area contributed by atoms with E-state index in [1.807, 2.05) is 26.0 Å². The van der Waals surface area contributed by atoms with Crippen molar-refractivity contribution < 1.29 is 18.6 Å². The summed E-state index contributed by atoms with van der Waals surface area (Å²) in [5.41, 5.74) is 2.45. The van der Waals surface area contributed by atoms with Crippen molar-refractivity contribution in [2.24, 2.45) is 0 Å². The van der Waals surface area contributed by atoms with Gasteiger partial charge in [-0.05, 0) is 78.5 Å². The Bertz CT molecular complexity index is 1040. The number of benzene rings is 1. The molecule has 2 aromatic rings. The first-order valence-corrected chi connectivity index (χ1v) is 11.8. The minimum absolute atomic E-state index is 0.0885. The Balaban J connectivity index is 2.32. The van der Waals surface area contributed by atoms with Crippen LogP contribution in [-0.2, 0) is 0 Å². The number of hydrogen-bond donors (Lipinski definition) is 0. The van der Waals surface area contributed by atoms with Gasteiger partial charge in [-0.1, -0.05) is 42.4 Å². The fourth-order valence-electron chi connectivity index (χ4n) is 3.24. The lowest BCUT2D eigenvalue weighted by atomic mass is 10.1. The van der Waals surface area contributed by atoms with E-state index in [9.17, 15) is 4.79 Å². The third kappa shape index (κ3) is 8.49. The summed E-state index contributed by atoms with van der Waals surface area (Å²) in [7, 11) is 0. The molecule has 1 heterocycles. The summed E-state index contributed by atoms with van der Waals surface area (Å²) >= 11 is 0. The smallest absolute Gasteiger partial charge is 0.383 e. The molecule has 0 fully saturated rings. The number of ether oxygens (including phenoxy) is 3. The molecular weight excluding hydrogens is 416 g/mol. The maximum Gasteiger partial charge on any atom is 0.383 e. The average molecular weight is 455 g/mol. The molecule has 0 radical (unpaired) electrons. The van der Waals surface area contributed by atoms with Gasteiger partial charge in [0, 0.05) is 0 Å². The van der Waals surface area contributed by atoms with Crippen LogP contribution in [0.15, 0.2) is 62.9 Å². The first-order chi connectivity index (χ1) is 15.8. The van der Waals surface area contributed by atoms with Crippen molar-refractivity contribution in [3.63, 3.8) is 0 Å². The lowest BCUT2D eigenvalue weighted by Gasteiger charge is -2.17. The Kier molecular flexibility index (Phi) is 10.8. The minimum Gasteiger partial charge on any atom is -0.489 e. The molecule has 0 spiro atoms. The molecule has 0 aliphatic heterocycles. The molecule has 1 aromatic heterocycles. The Hall–Kier alpha value is -2.95. The van der Waals surface area contributed by atoms with E-state index in [0.29, 0.717) is 42.1 Å². The van der Waals surface area contributed by atoms with Gasteiger partial charge in [-0.25, -0.2) is 4.79 Å². The highest BCUT2D eigenvalue weighted by Crippen LogP contribution is 2.39. The predicted molar refractivity (Wildman–Crippen MR) is 136 cm³/mol. The summed E-state index contributed by atoms with van der Waals surface area (Å²) in [6.45, 7) is 13.0. The van der Waals surface area contributed by atoms with Gasteiger partial charge in [0.25, 0.3) is 0 Å². The Morgan fingerprint density at radius 2 is 1.82 bits per heavy atom. The maximum absolute atomic E-state index is 12.7. The third-order valence-electron chi connectivity index (χ3n) is 4.86. The molecule has 0 saturated carbocycles. The Morgan fingerprint density at radius 1 is 1.03 bits per heavy atom. The molecule has 2 rings (SSSR count). The van der Waals surface area contributed by atoms with E-state index in [1.165, 1.54) is 11.1 Å². The van der Waals surface area contributed by atoms with Crippen molar-refractivity contribution >= 4 is 11.0 Å². The van der Waals surface area contributed by atoms with Gasteiger partial charge in [0.1, 0.15) is 23.3 Å². The molecule has 0 bridgehead atoms. The molecule has 0 amide bonds. The predicted octanol–water partition coefficient (Wildman–Crippen LogP) is 7.39. The average Bonchev–Trinajstić information content (AvgIpc) is 2.74. The second kappa shape index (κ2) is 13.6. The van der Waals surface area contributed by atoms with E-state index in [2.05, 4.69) is 45.9 Å². The van der Waals surface area contributed by atoms with Crippen LogP contribution in [0.2, 0.25) is 0 Å². The van der Waals surface area contributed by atoms with E-state index in [1.54, 1.807) is 12.1 Å². The van der Waals surface area contributed by atoms with Crippen LogP contribution in [0.25, 0.3) is 11.0 Å². The second-order valence-electron chi connectivity index (χ2n) is 8.54. The van der Waals surface area contributed by atoms with Gasteiger partial charge in [0.2, 0.25) is 5.75 Å². The van der Waals surface area contributed by atoms with Crippen LogP contribution in [0.3, 0.4) is 0 Å². The van der Waals surface area contributed by atoms with Crippen LogP contribution in [0, 0.1) is 0 Å². The topological polar surface area (TPSA) is 57.9 Å². The molecule has 1 aromatic carbocycles. The van der Waals surface area contributed by atoms with E-state index < -0.39 is 5.63 Å². The molecule has 0 saturated heterocycles. The van der Waals surface area contributed by atoms with Crippen LogP contribution >= 0.6 is 0 Å². The van der Waals surface area contributed by atoms with Crippen LogP contribution in [0.4, 0.5) is 0 Å². The summed E-state index contributed by atoms with van der Waals surface area (Å²) in [6, 6.07) is 5.40. The van der Waals surface area contributed by atoms with Crippen LogP contribution in [0.5, 0.6) is 17.2 Å². The summed E-state index contributed by atoms with van der Waals surface area (Å²) in [6.07, 6.45) is 11.9. The van der Waals surface area contributed by atoms with E-state index in [4.69, 9.17) is 18.6 Å². The van der Waals surface area contributed by atoms with Gasteiger partial charge in [-0.2, -0.15) is 0 Å². The van der Waals surface area contributed by atoms with E-state index in [-0.39, 0.29) is 11.9 Å². The molecular formula is C28H38O5. The van der Waals surface area contributed by atoms with Crippen molar-refractivity contribution in [2.45, 2.75) is 73.3 Å². The zero-order valence-corrected chi connectivity index (χ0v) is 20.9. The fraction of sp³-hybridized carbons (Fsp3) is 0.464. The lowest BCUT2D eigenvalue weighted by molar-refractivity contribution is 0.218. The van der Waals surface area contributed by atoms with Crippen molar-refractivity contribution in [3.05, 3.63) is 64.1 Å². The summed E-state index contributed by atoms with van der Waals surface area (Å²) in [5.74, 6) is 1.05. The highest BCUT2D eigenvalue weighted by atomic mass is 16.5. The van der Waals surface area contributed by atoms with Gasteiger partial charge in [0.05, 0.1) is 12.7 Å². The number of rotatable bonds is 13. The molecule has 33 heavy (non-hydrogen) atoms. The van der Waals surface area contributed by atoms with Gasteiger partial charge in [0.15, 0.2) is 5.75 Å². The zero-order chi connectivity index (χ0) is 24.2. The number of allylic oxidation sites excluding steroid dienone is 4. The highest BCUT2D eigenvalue weighted by molar-refractivity contribution is 5.91. The Labute approximate surface area is 197 Å². The zero-order valence-electron chi connectivity index (χ0n) is 20.9. The highest BCUT2D eigenvalue weighted by Gasteiger charge is 2.22. The third-order valence-corrected chi connectivity index (χ3v) is 4.86. The number of hydrogen-bond acceptors (Lipinski definition) is 5. The van der Waals surface area contributed by atoms with Crippen LogP contribution in [-0.4, -0.2) is 19.3 Å². The molecule has 0 aliphatic rings. The first-order valence-electron chi connectivity index (χ1n) is 11.8. The van der Waals surface area contributed by atoms with Crippen molar-refractivity contribution in [3.8, 4) is 17.2 Å². The van der Waals surface area contributed by atoms with Gasteiger partial charge in [-0.3, -0.25) is 0 Å². The van der Waals surface area contributed by atoms with Crippen molar-refractivity contribution in [1.82, 2.24) is 0 Å². The van der Waals surface area contributed by atoms with Gasteiger partial charge in [-0.15, -0.1) is 0 Å². The monoisotopic (exact) mass is 454 g/mol. The van der Waals surface area contributed by atoms with E-state index in [0.717, 1.165) is 19.3 Å². The lowest BCUT2D eigenvalue weighted by Crippen LogP contribution is -2.14. The fourth-order valence-corrected chi connectivity index (χ4v) is 3.24. The molecule has 5 nitrogen and oxygen atoms in total. The van der Waals surface area contributed by atoms with Crippen LogP contribution < -0.4 is 19.8 Å². The minimum atomic E-state index is -0.551. The summed E-state index contributed by atoms with van der Waals surface area (Å²) < 4.78 is 23.5. The quantitative estimate of drug-likeness (QED) is 0.179. The van der Waals surface area contributed by atoms with Gasteiger partial charge >= 0.3 is 5.63 Å². The SMILES string of the molecule is CCC=CCCOc1c(OC(C)C)c2c(OCC=C(C)CCC=C(C)C)cccc2oc1=O. The molecule has 5 heteroatoms. The largest absolute Gasteiger partial charge is 0.489 e. The molecule has 180 valence electrons. The van der Waals surface area contributed by atoms with Crippen molar-refractivity contribution in [2.75, 3.05) is 13.2 Å². The molecule has 0 aliphatic carbocycles. The maximum atomic E-state index is 12.7. The van der Waals surface area contributed by atoms with Crippen LogP contribution in [0.1, 0.15) is 67.2 Å². The summed E-state index contributed by atoms with van der Waals surface area (Å²) in [5, 5.41) is 0.612. The van der Waals surface area contributed by atoms with E-state index >= 15 is 0 Å². The molecule has 0 unspecified atom stereocenters. The molecule has 0 N–H and O–H groups in total.